The van der Waals surface area contributed by atoms with E-state index >= 15 is 0 Å². The average Bonchev–Trinajstić information content (AvgIpc) is 3.28. The minimum Gasteiger partial charge on any atom is -0.496 e. The molecule has 0 saturated heterocycles. The maximum absolute atomic E-state index is 13.4. The van der Waals surface area contributed by atoms with Gasteiger partial charge in [0.25, 0.3) is 0 Å². The Balaban J connectivity index is 1.78. The summed E-state index contributed by atoms with van der Waals surface area (Å²) < 4.78 is 20.6. The molecule has 2 heterocycles. The highest BCUT2D eigenvalue weighted by Gasteiger charge is 2.18. The Bertz CT molecular complexity index is 878. The molecule has 0 saturated carbocycles. The van der Waals surface area contributed by atoms with Gasteiger partial charge >= 0.3 is 0 Å². The van der Waals surface area contributed by atoms with Gasteiger partial charge < -0.3 is 9.30 Å². The van der Waals surface area contributed by atoms with E-state index < -0.39 is 5.82 Å². The normalized spacial score (nSPS) is 10.8. The van der Waals surface area contributed by atoms with E-state index in [1.807, 2.05) is 29.0 Å². The molecule has 0 bridgehead atoms. The highest BCUT2D eigenvalue weighted by Crippen LogP contribution is 2.28. The summed E-state index contributed by atoms with van der Waals surface area (Å²) in [4.78, 5) is 13.5. The summed E-state index contributed by atoms with van der Waals surface area (Å²) in [6, 6.07) is 7.86. The third-order valence-corrected chi connectivity index (χ3v) is 5.40. The number of carbonyl (C=O) groups excluding carboxylic acids is 1. The van der Waals surface area contributed by atoms with Crippen LogP contribution in [0.4, 0.5) is 4.39 Å². The minimum absolute atomic E-state index is 0.127. The molecule has 1 aromatic carbocycles. The van der Waals surface area contributed by atoms with Crippen LogP contribution in [0.25, 0.3) is 10.7 Å². The van der Waals surface area contributed by atoms with Crippen LogP contribution in [0.15, 0.2) is 40.9 Å². The van der Waals surface area contributed by atoms with E-state index in [1.165, 1.54) is 37.1 Å². The van der Waals surface area contributed by atoms with Gasteiger partial charge in [-0.2, -0.15) is 0 Å². The predicted octanol–water partition coefficient (Wildman–Crippen LogP) is 4.15. The number of thioether (sulfide) groups is 1. The SMILES string of the molecule is CCn1c(SCC(=O)c2cc(F)ccc2OC)nnc1-c1cccs1. The molecule has 5 nitrogen and oxygen atoms in total. The number of aromatic nitrogens is 3. The van der Waals surface area contributed by atoms with Gasteiger partial charge in [0, 0.05) is 6.54 Å². The fourth-order valence-corrected chi connectivity index (χ4v) is 3.98. The average molecular weight is 377 g/mol. The van der Waals surface area contributed by atoms with E-state index in [4.69, 9.17) is 4.74 Å². The van der Waals surface area contributed by atoms with Crippen LogP contribution >= 0.6 is 23.1 Å². The van der Waals surface area contributed by atoms with Gasteiger partial charge in [0.2, 0.25) is 0 Å². The van der Waals surface area contributed by atoms with Crippen molar-refractivity contribution in [1.82, 2.24) is 14.8 Å². The summed E-state index contributed by atoms with van der Waals surface area (Å²) in [5, 5.41) is 11.1. The van der Waals surface area contributed by atoms with Gasteiger partial charge in [-0.3, -0.25) is 4.79 Å². The zero-order valence-electron chi connectivity index (χ0n) is 13.7. The van der Waals surface area contributed by atoms with Crippen molar-refractivity contribution in [3.8, 4) is 16.5 Å². The van der Waals surface area contributed by atoms with Crippen LogP contribution in [-0.2, 0) is 6.54 Å². The fraction of sp³-hybridized carbons (Fsp3) is 0.235. The molecule has 0 fully saturated rings. The number of thiophene rings is 1. The first-order valence-corrected chi connectivity index (χ1v) is 9.47. The molecule has 3 rings (SSSR count). The van der Waals surface area contributed by atoms with Crippen molar-refractivity contribution < 1.29 is 13.9 Å². The lowest BCUT2D eigenvalue weighted by Crippen LogP contribution is -2.07. The Morgan fingerprint density at radius 3 is 2.88 bits per heavy atom. The molecule has 8 heteroatoms. The molecule has 25 heavy (non-hydrogen) atoms. The number of rotatable bonds is 7. The van der Waals surface area contributed by atoms with Gasteiger partial charge in [0.1, 0.15) is 11.6 Å². The third-order valence-electron chi connectivity index (χ3n) is 3.57. The van der Waals surface area contributed by atoms with Crippen LogP contribution in [0.5, 0.6) is 5.75 Å². The van der Waals surface area contributed by atoms with E-state index in [1.54, 1.807) is 11.3 Å². The monoisotopic (exact) mass is 377 g/mol. The number of methoxy groups -OCH3 is 1. The Kier molecular flexibility index (Phi) is 5.50. The molecule has 0 N–H and O–H groups in total. The number of ketones is 1. The second-order valence-corrected chi connectivity index (χ2v) is 6.97. The minimum atomic E-state index is -0.467. The van der Waals surface area contributed by atoms with Crippen molar-refractivity contribution in [2.75, 3.05) is 12.9 Å². The highest BCUT2D eigenvalue weighted by molar-refractivity contribution is 7.99. The zero-order valence-corrected chi connectivity index (χ0v) is 15.4. The number of Topliss-reactive ketones (excluding diaryl/α,β-unsaturated/α-hetero) is 1. The molecule has 0 spiro atoms. The van der Waals surface area contributed by atoms with Crippen LogP contribution in [0.1, 0.15) is 17.3 Å². The standard InChI is InChI=1S/C17H16FN3O2S2/c1-3-21-16(15-5-4-8-24-15)19-20-17(21)25-10-13(22)12-9-11(18)6-7-14(12)23-2/h4-9H,3,10H2,1-2H3. The first-order valence-electron chi connectivity index (χ1n) is 7.60. The third kappa shape index (κ3) is 3.74. The first kappa shape index (κ1) is 17.6. The number of hydrogen-bond acceptors (Lipinski definition) is 6. The number of ether oxygens (including phenoxy) is 1. The number of nitrogens with zero attached hydrogens (tertiary/aromatic N) is 3. The molecule has 130 valence electrons. The van der Waals surface area contributed by atoms with Gasteiger partial charge in [-0.25, -0.2) is 4.39 Å². The van der Waals surface area contributed by atoms with E-state index in [-0.39, 0.29) is 17.1 Å². The van der Waals surface area contributed by atoms with Crippen LogP contribution in [0, 0.1) is 5.82 Å². The van der Waals surface area contributed by atoms with Crippen LogP contribution in [0.2, 0.25) is 0 Å². The maximum Gasteiger partial charge on any atom is 0.191 e. The van der Waals surface area contributed by atoms with Crippen molar-refractivity contribution in [2.24, 2.45) is 0 Å². The van der Waals surface area contributed by atoms with Crippen molar-refractivity contribution in [3.05, 3.63) is 47.1 Å². The van der Waals surface area contributed by atoms with E-state index in [0.29, 0.717) is 17.5 Å². The van der Waals surface area contributed by atoms with Gasteiger partial charge in [-0.05, 0) is 36.6 Å². The van der Waals surface area contributed by atoms with Crippen LogP contribution in [-0.4, -0.2) is 33.4 Å². The molecule has 0 unspecified atom stereocenters. The lowest BCUT2D eigenvalue weighted by atomic mass is 10.1. The van der Waals surface area contributed by atoms with E-state index in [0.717, 1.165) is 10.7 Å². The van der Waals surface area contributed by atoms with E-state index in [9.17, 15) is 9.18 Å². The number of carbonyl (C=O) groups is 1. The highest BCUT2D eigenvalue weighted by atomic mass is 32.2. The molecular weight excluding hydrogens is 361 g/mol. The molecule has 0 atom stereocenters. The molecule has 0 radical (unpaired) electrons. The number of benzene rings is 1. The van der Waals surface area contributed by atoms with Crippen molar-refractivity contribution in [3.63, 3.8) is 0 Å². The van der Waals surface area contributed by atoms with Crippen molar-refractivity contribution in [1.29, 1.82) is 0 Å². The number of hydrogen-bond donors (Lipinski definition) is 0. The second-order valence-electron chi connectivity index (χ2n) is 5.08. The first-order chi connectivity index (χ1) is 12.1. The molecule has 0 amide bonds. The molecular formula is C17H16FN3O2S2. The number of halogens is 1. The largest absolute Gasteiger partial charge is 0.496 e. The summed E-state index contributed by atoms with van der Waals surface area (Å²) in [5.74, 6) is 0.595. The summed E-state index contributed by atoms with van der Waals surface area (Å²) >= 11 is 2.87. The lowest BCUT2D eigenvalue weighted by Gasteiger charge is -2.08. The van der Waals surface area contributed by atoms with E-state index in [2.05, 4.69) is 10.2 Å². The topological polar surface area (TPSA) is 57.0 Å². The maximum atomic E-state index is 13.4. The molecule has 0 aliphatic heterocycles. The Hall–Kier alpha value is -2.19. The summed E-state index contributed by atoms with van der Waals surface area (Å²) in [6.45, 7) is 2.70. The zero-order chi connectivity index (χ0) is 17.8. The summed E-state index contributed by atoms with van der Waals surface area (Å²) in [7, 11) is 1.46. The van der Waals surface area contributed by atoms with Crippen molar-refractivity contribution >= 4 is 28.9 Å². The van der Waals surface area contributed by atoms with Crippen LogP contribution in [0.3, 0.4) is 0 Å². The molecule has 0 aliphatic rings. The Labute approximate surface area is 152 Å². The van der Waals surface area contributed by atoms with Gasteiger partial charge in [0.05, 0.1) is 23.3 Å². The van der Waals surface area contributed by atoms with Gasteiger partial charge in [-0.1, -0.05) is 17.8 Å². The van der Waals surface area contributed by atoms with Gasteiger partial charge in [0.15, 0.2) is 16.8 Å². The van der Waals surface area contributed by atoms with Crippen LogP contribution < -0.4 is 4.74 Å². The lowest BCUT2D eigenvalue weighted by molar-refractivity contribution is 0.101. The summed E-state index contributed by atoms with van der Waals surface area (Å²) in [6.07, 6.45) is 0. The molecule has 2 aromatic heterocycles. The Morgan fingerprint density at radius 1 is 1.36 bits per heavy atom. The van der Waals surface area contributed by atoms with Crippen molar-refractivity contribution in [2.45, 2.75) is 18.6 Å². The molecule has 3 aromatic rings. The quantitative estimate of drug-likeness (QED) is 0.457. The Morgan fingerprint density at radius 2 is 2.20 bits per heavy atom. The van der Waals surface area contributed by atoms with Gasteiger partial charge in [-0.15, -0.1) is 21.5 Å². The molecule has 0 aliphatic carbocycles. The fourth-order valence-electron chi connectivity index (χ4n) is 2.37. The predicted molar refractivity (Wildman–Crippen MR) is 97.0 cm³/mol. The second kappa shape index (κ2) is 7.79. The smallest absolute Gasteiger partial charge is 0.191 e. The summed E-state index contributed by atoms with van der Waals surface area (Å²) in [5.41, 5.74) is 0.232.